The van der Waals surface area contributed by atoms with E-state index in [9.17, 15) is 14.4 Å². The van der Waals surface area contributed by atoms with Crippen LogP contribution in [0.5, 0.6) is 0 Å². The van der Waals surface area contributed by atoms with Crippen molar-refractivity contribution >= 4 is 30.2 Å². The zero-order chi connectivity index (χ0) is 15.2. The van der Waals surface area contributed by atoms with Crippen LogP contribution in [0.3, 0.4) is 0 Å². The molecule has 2 aliphatic heterocycles. The first kappa shape index (κ1) is 18.7. The maximum atomic E-state index is 12.3. The van der Waals surface area contributed by atoms with E-state index in [0.29, 0.717) is 32.8 Å². The molecule has 126 valence electrons. The minimum Gasteiger partial charge on any atom is -0.466 e. The fraction of sp³-hybridized carbons (Fsp3) is 0.786. The van der Waals surface area contributed by atoms with Gasteiger partial charge in [0.2, 0.25) is 11.8 Å². The van der Waals surface area contributed by atoms with Gasteiger partial charge in [0.25, 0.3) is 0 Å². The Hall–Kier alpha value is -1.34. The molecule has 2 atom stereocenters. The van der Waals surface area contributed by atoms with E-state index in [1.54, 1.807) is 11.8 Å². The van der Waals surface area contributed by atoms with Crippen LogP contribution in [0.4, 0.5) is 0 Å². The number of hydrogen-bond acceptors (Lipinski definition) is 5. The van der Waals surface area contributed by atoms with Crippen LogP contribution in [0.15, 0.2) is 0 Å². The van der Waals surface area contributed by atoms with Gasteiger partial charge in [0.15, 0.2) is 0 Å². The fourth-order valence-corrected chi connectivity index (χ4v) is 2.77. The molecule has 0 spiro atoms. The van der Waals surface area contributed by atoms with Gasteiger partial charge in [-0.15, -0.1) is 12.4 Å². The number of nitrogens with one attached hydrogen (secondary N) is 2. The average Bonchev–Trinajstić information content (AvgIpc) is 2.50. The summed E-state index contributed by atoms with van der Waals surface area (Å²) in [6, 6.07) is -0.464. The summed E-state index contributed by atoms with van der Waals surface area (Å²) in [5, 5.41) is 5.78. The fourth-order valence-electron chi connectivity index (χ4n) is 2.77. The summed E-state index contributed by atoms with van der Waals surface area (Å²) in [6.07, 6.45) is 1.69. The Kier molecular flexibility index (Phi) is 7.61. The largest absolute Gasteiger partial charge is 0.466 e. The van der Waals surface area contributed by atoms with Gasteiger partial charge in [0, 0.05) is 26.2 Å². The second-order valence-electron chi connectivity index (χ2n) is 5.43. The highest BCUT2D eigenvalue weighted by Crippen LogP contribution is 2.19. The lowest BCUT2D eigenvalue weighted by Gasteiger charge is -2.33. The van der Waals surface area contributed by atoms with Crippen LogP contribution in [-0.2, 0) is 19.1 Å². The molecule has 0 aromatic heterocycles. The van der Waals surface area contributed by atoms with E-state index in [2.05, 4.69) is 10.6 Å². The third kappa shape index (κ3) is 4.84. The highest BCUT2D eigenvalue weighted by molar-refractivity contribution is 5.89. The van der Waals surface area contributed by atoms with Crippen molar-refractivity contribution in [3.05, 3.63) is 0 Å². The van der Waals surface area contributed by atoms with Crippen LogP contribution in [0.1, 0.15) is 26.2 Å². The molecule has 2 fully saturated rings. The van der Waals surface area contributed by atoms with Gasteiger partial charge < -0.3 is 20.3 Å². The van der Waals surface area contributed by atoms with E-state index >= 15 is 0 Å². The number of carbonyl (C=O) groups is 3. The molecule has 2 heterocycles. The second kappa shape index (κ2) is 8.95. The van der Waals surface area contributed by atoms with Gasteiger partial charge in [0.1, 0.15) is 0 Å². The number of esters is 1. The highest BCUT2D eigenvalue weighted by atomic mass is 35.5. The molecule has 0 bridgehead atoms. The SMILES string of the molecule is CCOC(=O)C1CCCN(C(=O)CC2NCCNC2=O)C1.Cl. The van der Waals surface area contributed by atoms with Crippen LogP contribution < -0.4 is 10.6 Å². The number of nitrogens with zero attached hydrogens (tertiary/aromatic N) is 1. The molecular formula is C14H24ClN3O4. The van der Waals surface area contributed by atoms with Gasteiger partial charge in [0.05, 0.1) is 25.0 Å². The normalized spacial score (nSPS) is 25.0. The van der Waals surface area contributed by atoms with Gasteiger partial charge in [-0.25, -0.2) is 0 Å². The molecule has 0 aliphatic carbocycles. The molecular weight excluding hydrogens is 310 g/mol. The van der Waals surface area contributed by atoms with Crippen LogP contribution in [-0.4, -0.2) is 61.5 Å². The molecule has 0 radical (unpaired) electrons. The number of piperidine rings is 1. The van der Waals surface area contributed by atoms with Crippen molar-refractivity contribution in [1.82, 2.24) is 15.5 Å². The third-order valence-corrected chi connectivity index (χ3v) is 3.90. The molecule has 0 aromatic carbocycles. The van der Waals surface area contributed by atoms with Crippen molar-refractivity contribution in [3.63, 3.8) is 0 Å². The quantitative estimate of drug-likeness (QED) is 0.689. The molecule has 2 unspecified atom stereocenters. The lowest BCUT2D eigenvalue weighted by atomic mass is 9.97. The standard InChI is InChI=1S/C14H23N3O4.ClH/c1-2-21-14(20)10-4-3-7-17(9-10)12(18)8-11-13(19)16-6-5-15-11;/h10-11,15H,2-9H2,1H3,(H,16,19);1H. The van der Waals surface area contributed by atoms with Crippen molar-refractivity contribution in [3.8, 4) is 0 Å². The molecule has 2 saturated heterocycles. The third-order valence-electron chi connectivity index (χ3n) is 3.90. The molecule has 2 N–H and O–H groups in total. The van der Waals surface area contributed by atoms with Gasteiger partial charge in [-0.2, -0.15) is 0 Å². The lowest BCUT2D eigenvalue weighted by Crippen LogP contribution is -2.55. The monoisotopic (exact) mass is 333 g/mol. The lowest BCUT2D eigenvalue weighted by molar-refractivity contribution is -0.151. The molecule has 7 nitrogen and oxygen atoms in total. The predicted molar refractivity (Wildman–Crippen MR) is 82.6 cm³/mol. The van der Waals surface area contributed by atoms with Crippen LogP contribution in [0.2, 0.25) is 0 Å². The van der Waals surface area contributed by atoms with Crippen molar-refractivity contribution in [2.75, 3.05) is 32.8 Å². The zero-order valence-corrected chi connectivity index (χ0v) is 13.6. The van der Waals surface area contributed by atoms with E-state index in [-0.39, 0.29) is 42.5 Å². The molecule has 2 amide bonds. The number of halogens is 1. The molecule has 22 heavy (non-hydrogen) atoms. The molecule has 8 heteroatoms. The summed E-state index contributed by atoms with van der Waals surface area (Å²) >= 11 is 0. The van der Waals surface area contributed by atoms with E-state index < -0.39 is 6.04 Å². The molecule has 2 rings (SSSR count). The van der Waals surface area contributed by atoms with Gasteiger partial charge in [-0.1, -0.05) is 0 Å². The first-order chi connectivity index (χ1) is 10.1. The number of likely N-dealkylation sites (tertiary alicyclic amines) is 1. The predicted octanol–water partition coefficient (Wildman–Crippen LogP) is -0.312. The topological polar surface area (TPSA) is 87.7 Å². The number of carbonyl (C=O) groups excluding carboxylic acids is 3. The molecule has 2 aliphatic rings. The Bertz CT molecular complexity index is 419. The van der Waals surface area contributed by atoms with E-state index in [0.717, 1.165) is 12.8 Å². The Balaban J connectivity index is 0.00000242. The minimum absolute atomic E-state index is 0. The number of hydrogen-bond donors (Lipinski definition) is 2. The minimum atomic E-state index is -0.464. The first-order valence-electron chi connectivity index (χ1n) is 7.57. The van der Waals surface area contributed by atoms with Crippen molar-refractivity contribution < 1.29 is 19.1 Å². The summed E-state index contributed by atoms with van der Waals surface area (Å²) in [4.78, 5) is 37.4. The number of piperazine rings is 1. The second-order valence-corrected chi connectivity index (χ2v) is 5.43. The van der Waals surface area contributed by atoms with E-state index in [4.69, 9.17) is 4.74 Å². The summed E-state index contributed by atoms with van der Waals surface area (Å²) in [6.45, 7) is 4.44. The number of ether oxygens (including phenoxy) is 1. The maximum Gasteiger partial charge on any atom is 0.310 e. The average molecular weight is 334 g/mol. The van der Waals surface area contributed by atoms with E-state index in [1.165, 1.54) is 0 Å². The summed E-state index contributed by atoms with van der Waals surface area (Å²) < 4.78 is 5.02. The summed E-state index contributed by atoms with van der Waals surface area (Å²) in [5.41, 5.74) is 0. The van der Waals surface area contributed by atoms with Crippen LogP contribution >= 0.6 is 12.4 Å². The van der Waals surface area contributed by atoms with Crippen molar-refractivity contribution in [1.29, 1.82) is 0 Å². The summed E-state index contributed by atoms with van der Waals surface area (Å²) in [5.74, 6) is -0.688. The number of rotatable bonds is 4. The van der Waals surface area contributed by atoms with Gasteiger partial charge in [-0.3, -0.25) is 14.4 Å². The molecule has 0 saturated carbocycles. The van der Waals surface area contributed by atoms with Crippen LogP contribution in [0.25, 0.3) is 0 Å². The highest BCUT2D eigenvalue weighted by Gasteiger charge is 2.32. The zero-order valence-electron chi connectivity index (χ0n) is 12.8. The summed E-state index contributed by atoms with van der Waals surface area (Å²) in [7, 11) is 0. The molecule has 0 aromatic rings. The Morgan fingerprint density at radius 1 is 1.36 bits per heavy atom. The van der Waals surface area contributed by atoms with Crippen LogP contribution in [0, 0.1) is 5.92 Å². The maximum absolute atomic E-state index is 12.3. The smallest absolute Gasteiger partial charge is 0.310 e. The van der Waals surface area contributed by atoms with Gasteiger partial charge >= 0.3 is 5.97 Å². The van der Waals surface area contributed by atoms with Crippen molar-refractivity contribution in [2.45, 2.75) is 32.2 Å². The van der Waals surface area contributed by atoms with E-state index in [1.807, 2.05) is 0 Å². The number of amides is 2. The van der Waals surface area contributed by atoms with Gasteiger partial charge in [-0.05, 0) is 19.8 Å². The Morgan fingerprint density at radius 3 is 2.82 bits per heavy atom. The first-order valence-corrected chi connectivity index (χ1v) is 7.57. The Labute approximate surface area is 136 Å². The van der Waals surface area contributed by atoms with Crippen molar-refractivity contribution in [2.24, 2.45) is 5.92 Å². The Morgan fingerprint density at radius 2 is 2.14 bits per heavy atom.